The predicted octanol–water partition coefficient (Wildman–Crippen LogP) is 1.36. The maximum Gasteiger partial charge on any atom is 0.245 e. The number of rotatable bonds is 5. The van der Waals surface area contributed by atoms with Gasteiger partial charge in [-0.3, -0.25) is 14.5 Å². The SMILES string of the molecule is CC(=O)C(C(=O)NCc1ccccc1)N1CCCC1. The van der Waals surface area contributed by atoms with Crippen molar-refractivity contribution in [1.82, 2.24) is 10.2 Å². The van der Waals surface area contributed by atoms with Crippen LogP contribution in [0.15, 0.2) is 30.3 Å². The van der Waals surface area contributed by atoms with E-state index in [1.54, 1.807) is 0 Å². The Morgan fingerprint density at radius 2 is 1.84 bits per heavy atom. The Morgan fingerprint density at radius 1 is 1.21 bits per heavy atom. The summed E-state index contributed by atoms with van der Waals surface area (Å²) in [5.74, 6) is -0.259. The van der Waals surface area contributed by atoms with E-state index in [1.165, 1.54) is 6.92 Å². The first-order valence-corrected chi connectivity index (χ1v) is 6.74. The quantitative estimate of drug-likeness (QED) is 0.813. The van der Waals surface area contributed by atoms with E-state index >= 15 is 0 Å². The summed E-state index contributed by atoms with van der Waals surface area (Å²) >= 11 is 0. The molecule has 19 heavy (non-hydrogen) atoms. The number of carbonyl (C=O) groups is 2. The van der Waals surface area contributed by atoms with Gasteiger partial charge in [-0.25, -0.2) is 0 Å². The molecule has 1 saturated heterocycles. The maximum absolute atomic E-state index is 12.2. The molecule has 0 aliphatic carbocycles. The second-order valence-corrected chi connectivity index (χ2v) is 4.96. The van der Waals surface area contributed by atoms with E-state index in [0.717, 1.165) is 31.5 Å². The van der Waals surface area contributed by atoms with Gasteiger partial charge in [0, 0.05) is 6.54 Å². The van der Waals surface area contributed by atoms with E-state index in [1.807, 2.05) is 35.2 Å². The molecule has 102 valence electrons. The number of Topliss-reactive ketones (excluding diaryl/α,β-unsaturated/α-hetero) is 1. The van der Waals surface area contributed by atoms with Crippen molar-refractivity contribution in [2.24, 2.45) is 0 Å². The molecule has 0 aromatic heterocycles. The highest BCUT2D eigenvalue weighted by Crippen LogP contribution is 2.13. The van der Waals surface area contributed by atoms with E-state index in [0.29, 0.717) is 6.54 Å². The molecule has 0 radical (unpaired) electrons. The molecule has 1 N–H and O–H groups in total. The smallest absolute Gasteiger partial charge is 0.245 e. The van der Waals surface area contributed by atoms with Crippen molar-refractivity contribution in [3.63, 3.8) is 0 Å². The fraction of sp³-hybridized carbons (Fsp3) is 0.467. The van der Waals surface area contributed by atoms with E-state index in [9.17, 15) is 9.59 Å². The van der Waals surface area contributed by atoms with Crippen LogP contribution in [0.25, 0.3) is 0 Å². The van der Waals surface area contributed by atoms with Crippen LogP contribution in [-0.2, 0) is 16.1 Å². The van der Waals surface area contributed by atoms with Crippen LogP contribution in [0.4, 0.5) is 0 Å². The topological polar surface area (TPSA) is 49.4 Å². The molecule has 1 atom stereocenters. The summed E-state index contributed by atoms with van der Waals surface area (Å²) in [5.41, 5.74) is 1.04. The van der Waals surface area contributed by atoms with Gasteiger partial charge in [0.25, 0.3) is 0 Å². The molecule has 1 fully saturated rings. The second kappa shape index (κ2) is 6.48. The van der Waals surface area contributed by atoms with Gasteiger partial charge >= 0.3 is 0 Å². The summed E-state index contributed by atoms with van der Waals surface area (Å²) in [7, 11) is 0. The van der Waals surface area contributed by atoms with Gasteiger partial charge < -0.3 is 5.32 Å². The first kappa shape index (κ1) is 13.7. The first-order valence-electron chi connectivity index (χ1n) is 6.74. The highest BCUT2D eigenvalue weighted by atomic mass is 16.2. The fourth-order valence-electron chi connectivity index (χ4n) is 2.49. The lowest BCUT2D eigenvalue weighted by molar-refractivity contribution is -0.134. The van der Waals surface area contributed by atoms with Crippen molar-refractivity contribution in [2.75, 3.05) is 13.1 Å². The normalized spacial score (nSPS) is 17.1. The summed E-state index contributed by atoms with van der Waals surface area (Å²) in [6.07, 6.45) is 2.13. The van der Waals surface area contributed by atoms with Crippen LogP contribution in [-0.4, -0.2) is 35.7 Å². The Bertz CT molecular complexity index is 439. The summed E-state index contributed by atoms with van der Waals surface area (Å²) in [5, 5.41) is 2.86. The Kier molecular flexibility index (Phi) is 4.68. The lowest BCUT2D eigenvalue weighted by Gasteiger charge is -2.24. The molecule has 1 unspecified atom stereocenters. The van der Waals surface area contributed by atoms with Crippen molar-refractivity contribution in [3.8, 4) is 0 Å². The number of ketones is 1. The van der Waals surface area contributed by atoms with Gasteiger partial charge in [-0.2, -0.15) is 0 Å². The number of amides is 1. The summed E-state index contributed by atoms with van der Waals surface area (Å²) in [6, 6.07) is 9.10. The third-order valence-electron chi connectivity index (χ3n) is 3.45. The lowest BCUT2D eigenvalue weighted by Crippen LogP contribution is -2.49. The van der Waals surface area contributed by atoms with Gasteiger partial charge in [0.15, 0.2) is 5.78 Å². The van der Waals surface area contributed by atoms with Crippen LogP contribution in [0.1, 0.15) is 25.3 Å². The molecule has 4 heteroatoms. The standard InChI is InChI=1S/C15H20N2O2/c1-12(18)14(17-9-5-6-10-17)15(19)16-11-13-7-3-2-4-8-13/h2-4,7-8,14H,5-6,9-11H2,1H3,(H,16,19). The number of nitrogens with zero attached hydrogens (tertiary/aromatic N) is 1. The number of benzene rings is 1. The molecule has 1 heterocycles. The largest absolute Gasteiger partial charge is 0.350 e. The van der Waals surface area contributed by atoms with Crippen molar-refractivity contribution < 1.29 is 9.59 Å². The van der Waals surface area contributed by atoms with Gasteiger partial charge in [-0.05, 0) is 38.4 Å². The van der Waals surface area contributed by atoms with Gasteiger partial charge in [0.05, 0.1) is 0 Å². The van der Waals surface area contributed by atoms with Crippen LogP contribution >= 0.6 is 0 Å². The molecule has 0 spiro atoms. The van der Waals surface area contributed by atoms with E-state index < -0.39 is 6.04 Å². The molecule has 1 aromatic carbocycles. The van der Waals surface area contributed by atoms with Crippen LogP contribution in [0.3, 0.4) is 0 Å². The van der Waals surface area contributed by atoms with Crippen molar-refractivity contribution in [2.45, 2.75) is 32.4 Å². The van der Waals surface area contributed by atoms with E-state index in [4.69, 9.17) is 0 Å². The minimum atomic E-state index is -0.619. The summed E-state index contributed by atoms with van der Waals surface area (Å²) in [4.78, 5) is 25.8. The minimum Gasteiger partial charge on any atom is -0.350 e. The Balaban J connectivity index is 1.94. The van der Waals surface area contributed by atoms with Gasteiger partial charge in [-0.1, -0.05) is 30.3 Å². The number of carbonyl (C=O) groups excluding carboxylic acids is 2. The zero-order chi connectivity index (χ0) is 13.7. The van der Waals surface area contributed by atoms with Crippen molar-refractivity contribution in [1.29, 1.82) is 0 Å². The monoisotopic (exact) mass is 260 g/mol. The number of hydrogen-bond donors (Lipinski definition) is 1. The summed E-state index contributed by atoms with van der Waals surface area (Å²) < 4.78 is 0. The Morgan fingerprint density at radius 3 is 2.42 bits per heavy atom. The molecule has 1 amide bonds. The minimum absolute atomic E-state index is 0.0764. The van der Waals surface area contributed by atoms with Gasteiger partial charge in [0.2, 0.25) is 5.91 Å². The van der Waals surface area contributed by atoms with E-state index in [2.05, 4.69) is 5.32 Å². The molecule has 0 bridgehead atoms. The maximum atomic E-state index is 12.2. The number of likely N-dealkylation sites (tertiary alicyclic amines) is 1. The van der Waals surface area contributed by atoms with Gasteiger partial charge in [-0.15, -0.1) is 0 Å². The third-order valence-corrected chi connectivity index (χ3v) is 3.45. The molecule has 1 aromatic rings. The molecule has 2 rings (SSSR count). The predicted molar refractivity (Wildman–Crippen MR) is 73.6 cm³/mol. The van der Waals surface area contributed by atoms with Crippen molar-refractivity contribution in [3.05, 3.63) is 35.9 Å². The number of hydrogen-bond acceptors (Lipinski definition) is 3. The Hall–Kier alpha value is -1.68. The molecular formula is C15H20N2O2. The third kappa shape index (κ3) is 3.64. The zero-order valence-electron chi connectivity index (χ0n) is 11.3. The van der Waals surface area contributed by atoms with Crippen LogP contribution in [0.2, 0.25) is 0 Å². The second-order valence-electron chi connectivity index (χ2n) is 4.96. The van der Waals surface area contributed by atoms with Crippen LogP contribution < -0.4 is 5.32 Å². The highest BCUT2D eigenvalue weighted by molar-refractivity contribution is 6.04. The first-order chi connectivity index (χ1) is 9.18. The molecular weight excluding hydrogens is 240 g/mol. The van der Waals surface area contributed by atoms with Gasteiger partial charge in [0.1, 0.15) is 6.04 Å². The zero-order valence-corrected chi connectivity index (χ0v) is 11.3. The Labute approximate surface area is 113 Å². The molecule has 0 saturated carbocycles. The molecule has 1 aliphatic heterocycles. The van der Waals surface area contributed by atoms with Crippen LogP contribution in [0.5, 0.6) is 0 Å². The average Bonchev–Trinajstić information content (AvgIpc) is 2.91. The lowest BCUT2D eigenvalue weighted by atomic mass is 10.1. The van der Waals surface area contributed by atoms with Crippen molar-refractivity contribution >= 4 is 11.7 Å². The fourth-order valence-corrected chi connectivity index (χ4v) is 2.49. The summed E-state index contributed by atoms with van der Waals surface area (Å²) in [6.45, 7) is 3.63. The average molecular weight is 260 g/mol. The molecule has 4 nitrogen and oxygen atoms in total. The van der Waals surface area contributed by atoms with Crippen LogP contribution in [0, 0.1) is 0 Å². The number of nitrogens with one attached hydrogen (secondary N) is 1. The highest BCUT2D eigenvalue weighted by Gasteiger charge is 2.31. The molecule has 1 aliphatic rings. The van der Waals surface area contributed by atoms with E-state index in [-0.39, 0.29) is 11.7 Å².